The summed E-state index contributed by atoms with van der Waals surface area (Å²) < 4.78 is 6.71. The lowest BCUT2D eigenvalue weighted by atomic mass is 9.74. The van der Waals surface area contributed by atoms with Gasteiger partial charge in [-0.25, -0.2) is 0 Å². The molecule has 1 spiro atoms. The number of unbranched alkanes of at least 4 members (excludes halogenated alkanes) is 2. The molecule has 0 aliphatic carbocycles. The predicted octanol–water partition coefficient (Wildman–Crippen LogP) is 4.99. The van der Waals surface area contributed by atoms with Crippen LogP contribution in [-0.2, 0) is 9.53 Å². The largest absolute Gasteiger partial charge is 0.393 e. The van der Waals surface area contributed by atoms with E-state index >= 15 is 0 Å². The maximum atomic E-state index is 12.8. The first-order valence-corrected chi connectivity index (χ1v) is 11.4. The van der Waals surface area contributed by atoms with Crippen molar-refractivity contribution in [2.24, 2.45) is 23.7 Å². The maximum Gasteiger partial charge on any atom is 0.227 e. The number of hydrogen-bond acceptors (Lipinski definition) is 3. The summed E-state index contributed by atoms with van der Waals surface area (Å²) in [7, 11) is 1.93. The van der Waals surface area contributed by atoms with Gasteiger partial charge in [-0.3, -0.25) is 4.79 Å². The smallest absolute Gasteiger partial charge is 0.227 e. The number of aliphatic hydroxyl groups is 1. The fourth-order valence-corrected chi connectivity index (χ4v) is 5.17. The maximum absolute atomic E-state index is 12.8. The molecule has 0 saturated carbocycles. The van der Waals surface area contributed by atoms with E-state index in [9.17, 15) is 9.90 Å². The lowest BCUT2D eigenvalue weighted by Gasteiger charge is -2.56. The molecule has 2 saturated heterocycles. The average molecular weight is 382 g/mol. The Labute approximate surface area is 167 Å². The van der Waals surface area contributed by atoms with E-state index < -0.39 is 5.72 Å². The van der Waals surface area contributed by atoms with E-state index in [4.69, 9.17) is 4.74 Å². The number of likely N-dealkylation sites (tertiary alicyclic amines) is 1. The molecular formula is C23H43NO3. The fraction of sp³-hybridized carbons (Fsp3) is 0.957. The molecule has 0 aromatic heterocycles. The monoisotopic (exact) mass is 381 g/mol. The number of rotatable bonds is 8. The second-order valence-electron chi connectivity index (χ2n) is 9.43. The van der Waals surface area contributed by atoms with Crippen LogP contribution in [0.3, 0.4) is 0 Å². The van der Waals surface area contributed by atoms with Gasteiger partial charge in [0.15, 0.2) is 0 Å². The molecule has 4 nitrogen and oxygen atoms in total. The van der Waals surface area contributed by atoms with Gasteiger partial charge in [0.25, 0.3) is 0 Å². The molecule has 2 aliphatic heterocycles. The minimum Gasteiger partial charge on any atom is -0.393 e. The third-order valence-corrected chi connectivity index (χ3v) is 7.49. The first-order chi connectivity index (χ1) is 12.8. The van der Waals surface area contributed by atoms with Crippen LogP contribution in [0.4, 0.5) is 0 Å². The minimum absolute atomic E-state index is 0.0262. The molecule has 2 aliphatic rings. The molecule has 1 amide bonds. The number of amides is 1. The van der Waals surface area contributed by atoms with Crippen LogP contribution in [-0.4, -0.2) is 40.9 Å². The number of carbonyl (C=O) groups excluding carboxylic acids is 1. The van der Waals surface area contributed by atoms with Gasteiger partial charge in [-0.15, -0.1) is 0 Å². The van der Waals surface area contributed by atoms with Crippen molar-refractivity contribution < 1.29 is 14.6 Å². The Kier molecular flexibility index (Phi) is 8.18. The summed E-state index contributed by atoms with van der Waals surface area (Å²) in [4.78, 5) is 14.7. The van der Waals surface area contributed by atoms with Crippen LogP contribution in [0.2, 0.25) is 0 Å². The van der Waals surface area contributed by atoms with Gasteiger partial charge in [-0.05, 0) is 43.9 Å². The van der Waals surface area contributed by atoms with Crippen LogP contribution in [0.15, 0.2) is 0 Å². The van der Waals surface area contributed by atoms with Crippen molar-refractivity contribution in [2.45, 2.75) is 110 Å². The van der Waals surface area contributed by atoms with Gasteiger partial charge in [-0.1, -0.05) is 53.9 Å². The Morgan fingerprint density at radius 2 is 2.00 bits per heavy atom. The van der Waals surface area contributed by atoms with Crippen molar-refractivity contribution in [1.82, 2.24) is 4.90 Å². The molecule has 4 heteroatoms. The van der Waals surface area contributed by atoms with E-state index in [0.717, 1.165) is 32.1 Å². The average Bonchev–Trinajstić information content (AvgIpc) is 2.65. The van der Waals surface area contributed by atoms with Crippen molar-refractivity contribution in [3.63, 3.8) is 0 Å². The molecule has 158 valence electrons. The lowest BCUT2D eigenvalue weighted by Crippen LogP contribution is -2.64. The number of ether oxygens (including phenoxy) is 1. The standard InChI is InChI=1S/C23H43NO3/c1-7-9-10-11-16(3)20(25)15-21-17(4)12-13-23(27-21)18(5)14-19(8-2)22(26)24(23)6/h16-21,25H,7-15H2,1-6H3/t16-,17+,18-,19-,20-,21-,23-/m0/s1. The van der Waals surface area contributed by atoms with Crippen molar-refractivity contribution in [1.29, 1.82) is 0 Å². The van der Waals surface area contributed by atoms with E-state index in [-0.39, 0.29) is 24.0 Å². The summed E-state index contributed by atoms with van der Waals surface area (Å²) in [5.74, 6) is 1.42. The van der Waals surface area contributed by atoms with Crippen molar-refractivity contribution >= 4 is 5.91 Å². The number of carbonyl (C=O) groups is 1. The van der Waals surface area contributed by atoms with Crippen molar-refractivity contribution in [3.05, 3.63) is 0 Å². The van der Waals surface area contributed by atoms with Crippen LogP contribution in [0.25, 0.3) is 0 Å². The predicted molar refractivity (Wildman–Crippen MR) is 110 cm³/mol. The lowest BCUT2D eigenvalue weighted by molar-refractivity contribution is -0.260. The topological polar surface area (TPSA) is 49.8 Å². The normalized spacial score (nSPS) is 36.9. The summed E-state index contributed by atoms with van der Waals surface area (Å²) in [6.45, 7) is 10.9. The molecule has 7 atom stereocenters. The van der Waals surface area contributed by atoms with Crippen molar-refractivity contribution in [2.75, 3.05) is 7.05 Å². The van der Waals surface area contributed by atoms with Crippen LogP contribution in [0.1, 0.15) is 92.4 Å². The fourth-order valence-electron chi connectivity index (χ4n) is 5.17. The first-order valence-electron chi connectivity index (χ1n) is 11.4. The van der Waals surface area contributed by atoms with Crippen LogP contribution in [0, 0.1) is 23.7 Å². The Bertz CT molecular complexity index is 482. The van der Waals surface area contributed by atoms with E-state index in [2.05, 4.69) is 34.6 Å². The Morgan fingerprint density at radius 3 is 2.63 bits per heavy atom. The highest BCUT2D eigenvalue weighted by molar-refractivity contribution is 5.80. The number of aliphatic hydroxyl groups excluding tert-OH is 1. The third kappa shape index (κ3) is 4.87. The molecule has 2 rings (SSSR count). The molecule has 27 heavy (non-hydrogen) atoms. The summed E-state index contributed by atoms with van der Waals surface area (Å²) in [6.07, 6.45) is 8.88. The number of nitrogens with zero attached hydrogens (tertiary/aromatic N) is 1. The van der Waals surface area contributed by atoms with Crippen LogP contribution in [0.5, 0.6) is 0 Å². The summed E-state index contributed by atoms with van der Waals surface area (Å²) in [6, 6.07) is 0. The molecule has 1 N–H and O–H groups in total. The highest BCUT2D eigenvalue weighted by atomic mass is 16.5. The Balaban J connectivity index is 2.05. The highest BCUT2D eigenvalue weighted by Gasteiger charge is 2.53. The number of piperidine rings is 1. The van der Waals surface area contributed by atoms with Gasteiger partial charge in [0, 0.05) is 25.3 Å². The molecule has 2 fully saturated rings. The quantitative estimate of drug-likeness (QED) is 0.603. The van der Waals surface area contributed by atoms with E-state index in [1.807, 2.05) is 11.9 Å². The molecule has 0 bridgehead atoms. The zero-order chi connectivity index (χ0) is 20.2. The number of hydrogen-bond donors (Lipinski definition) is 1. The zero-order valence-electron chi connectivity index (χ0n) is 18.5. The highest BCUT2D eigenvalue weighted by Crippen LogP contribution is 2.46. The minimum atomic E-state index is -0.481. The summed E-state index contributed by atoms with van der Waals surface area (Å²) >= 11 is 0. The van der Waals surface area contributed by atoms with Gasteiger partial charge >= 0.3 is 0 Å². The molecular weight excluding hydrogens is 338 g/mol. The van der Waals surface area contributed by atoms with Gasteiger partial charge in [0.1, 0.15) is 5.72 Å². The molecule has 0 aromatic rings. The SMILES string of the molecule is CCCCC[C@H](C)[C@@H](O)C[C@@H]1O[C@@]2(CC[C@H]1C)[C@@H](C)C[C@H](CC)C(=O)N2C. The Morgan fingerprint density at radius 1 is 1.30 bits per heavy atom. The second-order valence-corrected chi connectivity index (χ2v) is 9.43. The molecule has 0 aromatic carbocycles. The zero-order valence-corrected chi connectivity index (χ0v) is 18.5. The van der Waals surface area contributed by atoms with Gasteiger partial charge < -0.3 is 14.7 Å². The third-order valence-electron chi connectivity index (χ3n) is 7.49. The van der Waals surface area contributed by atoms with Crippen molar-refractivity contribution in [3.8, 4) is 0 Å². The summed E-state index contributed by atoms with van der Waals surface area (Å²) in [5.41, 5.74) is -0.481. The van der Waals surface area contributed by atoms with Gasteiger partial charge in [0.05, 0.1) is 12.2 Å². The molecule has 0 radical (unpaired) electrons. The molecule has 0 unspecified atom stereocenters. The van der Waals surface area contributed by atoms with E-state index in [0.29, 0.717) is 24.2 Å². The van der Waals surface area contributed by atoms with Gasteiger partial charge in [0.2, 0.25) is 5.91 Å². The van der Waals surface area contributed by atoms with Crippen LogP contribution < -0.4 is 0 Å². The van der Waals surface area contributed by atoms with Crippen LogP contribution >= 0.6 is 0 Å². The first kappa shape index (κ1) is 22.7. The van der Waals surface area contributed by atoms with E-state index in [1.54, 1.807) is 0 Å². The second kappa shape index (κ2) is 9.73. The summed E-state index contributed by atoms with van der Waals surface area (Å²) in [5, 5.41) is 10.8. The van der Waals surface area contributed by atoms with E-state index in [1.165, 1.54) is 19.3 Å². The Hall–Kier alpha value is -0.610. The van der Waals surface area contributed by atoms with Gasteiger partial charge in [-0.2, -0.15) is 0 Å². The molecule has 2 heterocycles.